The van der Waals surface area contributed by atoms with Crippen LogP contribution in [0.25, 0.3) is 0 Å². The fraction of sp³-hybridized carbons (Fsp3) is 0.625. The van der Waals surface area contributed by atoms with E-state index < -0.39 is 0 Å². The van der Waals surface area contributed by atoms with Crippen LogP contribution in [0.3, 0.4) is 0 Å². The molecule has 1 heteroatoms. The molecule has 0 aromatic heterocycles. The van der Waals surface area contributed by atoms with Crippen LogP contribution in [0.15, 0.2) is 24.3 Å². The fourth-order valence-corrected chi connectivity index (χ4v) is 1.78. The molecule has 0 aliphatic rings. The Morgan fingerprint density at radius 2 is 1.59 bits per heavy atom. The zero-order chi connectivity index (χ0) is 12.9. The molecule has 1 unspecified atom stereocenters. The summed E-state index contributed by atoms with van der Waals surface area (Å²) in [5, 5.41) is 0. The summed E-state index contributed by atoms with van der Waals surface area (Å²) in [6, 6.07) is 8.58. The van der Waals surface area contributed by atoms with Crippen LogP contribution in [0.1, 0.15) is 65.4 Å². The van der Waals surface area contributed by atoms with E-state index in [2.05, 4.69) is 58.9 Å². The van der Waals surface area contributed by atoms with Gasteiger partial charge in [0, 0.05) is 0 Å². The Labute approximate surface area is 106 Å². The first-order valence-electron chi connectivity index (χ1n) is 6.83. The predicted molar refractivity (Wildman–Crippen MR) is 74.8 cm³/mol. The van der Waals surface area contributed by atoms with Gasteiger partial charge in [0.25, 0.3) is 0 Å². The maximum absolute atomic E-state index is 6.07. The molecule has 96 valence electrons. The summed E-state index contributed by atoms with van der Waals surface area (Å²) in [5.74, 6) is 1.62. The predicted octanol–water partition coefficient (Wildman–Crippen LogP) is 5.16. The van der Waals surface area contributed by atoms with Crippen LogP contribution in [0.5, 0.6) is 5.75 Å². The summed E-state index contributed by atoms with van der Waals surface area (Å²) in [6.07, 6.45) is 3.26. The van der Waals surface area contributed by atoms with Crippen molar-refractivity contribution in [3.8, 4) is 5.75 Å². The Kier molecular flexibility index (Phi) is 5.04. The summed E-state index contributed by atoms with van der Waals surface area (Å²) >= 11 is 0. The number of hydrogen-bond donors (Lipinski definition) is 0. The Hall–Kier alpha value is -0.980. The van der Waals surface area contributed by atoms with Gasteiger partial charge in [-0.3, -0.25) is 0 Å². The summed E-state index contributed by atoms with van der Waals surface area (Å²) in [4.78, 5) is 0. The van der Waals surface area contributed by atoms with Crippen LogP contribution in [0.2, 0.25) is 0 Å². The van der Waals surface area contributed by atoms with Crippen molar-refractivity contribution in [2.75, 3.05) is 0 Å². The van der Waals surface area contributed by atoms with Gasteiger partial charge in [-0.2, -0.15) is 0 Å². The smallest absolute Gasteiger partial charge is 0.120 e. The number of hydrogen-bond acceptors (Lipinski definition) is 1. The number of rotatable bonds is 6. The second-order valence-corrected chi connectivity index (χ2v) is 5.14. The van der Waals surface area contributed by atoms with E-state index in [1.54, 1.807) is 0 Å². The number of benzene rings is 1. The van der Waals surface area contributed by atoms with Crippen LogP contribution < -0.4 is 4.74 Å². The lowest BCUT2D eigenvalue weighted by Crippen LogP contribution is -2.30. The van der Waals surface area contributed by atoms with Gasteiger partial charge in [0.15, 0.2) is 0 Å². The van der Waals surface area contributed by atoms with Gasteiger partial charge in [-0.05, 0) is 49.8 Å². The average Bonchev–Trinajstić information content (AvgIpc) is 2.38. The van der Waals surface area contributed by atoms with Gasteiger partial charge in [-0.25, -0.2) is 0 Å². The highest BCUT2D eigenvalue weighted by atomic mass is 16.5. The standard InChI is InChI=1S/C16H26O/c1-6-13(4)14-9-11-15(12-10-14)17-16(5,7-2)8-3/h9-13H,6-8H2,1-5H3. The van der Waals surface area contributed by atoms with Crippen LogP contribution in [0.4, 0.5) is 0 Å². The molecule has 0 saturated carbocycles. The van der Waals surface area contributed by atoms with Crippen LogP contribution in [-0.4, -0.2) is 5.60 Å². The SMILES string of the molecule is CCC(C)c1ccc(OC(C)(CC)CC)cc1. The third kappa shape index (κ3) is 3.76. The Balaban J connectivity index is 2.74. The van der Waals surface area contributed by atoms with E-state index in [9.17, 15) is 0 Å². The van der Waals surface area contributed by atoms with Gasteiger partial charge in [-0.15, -0.1) is 0 Å². The molecule has 0 saturated heterocycles. The maximum Gasteiger partial charge on any atom is 0.120 e. The molecule has 1 aromatic rings. The highest BCUT2D eigenvalue weighted by Crippen LogP contribution is 2.26. The zero-order valence-corrected chi connectivity index (χ0v) is 11.9. The molecule has 1 atom stereocenters. The summed E-state index contributed by atoms with van der Waals surface area (Å²) < 4.78 is 6.07. The van der Waals surface area contributed by atoms with Gasteiger partial charge in [0.05, 0.1) is 0 Å². The molecule has 0 heterocycles. The lowest BCUT2D eigenvalue weighted by molar-refractivity contribution is 0.0803. The van der Waals surface area contributed by atoms with Crippen LogP contribution in [0, 0.1) is 0 Å². The first kappa shape index (κ1) is 14.1. The minimum absolute atomic E-state index is 0.0299. The Bertz CT molecular complexity index is 322. The first-order valence-corrected chi connectivity index (χ1v) is 6.83. The van der Waals surface area contributed by atoms with E-state index in [1.165, 1.54) is 12.0 Å². The lowest BCUT2D eigenvalue weighted by atomic mass is 9.98. The van der Waals surface area contributed by atoms with Crippen LogP contribution in [-0.2, 0) is 0 Å². The van der Waals surface area contributed by atoms with E-state index in [0.29, 0.717) is 5.92 Å². The molecule has 17 heavy (non-hydrogen) atoms. The summed E-state index contributed by atoms with van der Waals surface area (Å²) in [7, 11) is 0. The van der Waals surface area contributed by atoms with Gasteiger partial charge in [0.1, 0.15) is 11.4 Å². The largest absolute Gasteiger partial charge is 0.488 e. The van der Waals surface area contributed by atoms with E-state index in [4.69, 9.17) is 4.74 Å². The molecule has 0 aliphatic heterocycles. The van der Waals surface area contributed by atoms with E-state index >= 15 is 0 Å². The highest BCUT2D eigenvalue weighted by molar-refractivity contribution is 5.29. The molecular formula is C16H26O. The quantitative estimate of drug-likeness (QED) is 0.660. The highest BCUT2D eigenvalue weighted by Gasteiger charge is 2.21. The van der Waals surface area contributed by atoms with Crippen molar-refractivity contribution >= 4 is 0 Å². The van der Waals surface area contributed by atoms with Gasteiger partial charge >= 0.3 is 0 Å². The second-order valence-electron chi connectivity index (χ2n) is 5.14. The Morgan fingerprint density at radius 3 is 2.00 bits per heavy atom. The van der Waals surface area contributed by atoms with Crippen molar-refractivity contribution < 1.29 is 4.74 Å². The molecular weight excluding hydrogens is 208 g/mol. The minimum Gasteiger partial charge on any atom is -0.488 e. The number of ether oxygens (including phenoxy) is 1. The normalized spacial score (nSPS) is 13.5. The zero-order valence-electron chi connectivity index (χ0n) is 11.9. The van der Waals surface area contributed by atoms with E-state index in [-0.39, 0.29) is 5.60 Å². The molecule has 1 nitrogen and oxygen atoms in total. The maximum atomic E-state index is 6.07. The Morgan fingerprint density at radius 1 is 1.06 bits per heavy atom. The van der Waals surface area contributed by atoms with Gasteiger partial charge in [0.2, 0.25) is 0 Å². The monoisotopic (exact) mass is 234 g/mol. The van der Waals surface area contributed by atoms with Crippen molar-refractivity contribution in [1.29, 1.82) is 0 Å². The average molecular weight is 234 g/mol. The molecule has 0 spiro atoms. The van der Waals surface area contributed by atoms with Gasteiger partial charge in [-0.1, -0.05) is 39.8 Å². The topological polar surface area (TPSA) is 9.23 Å². The van der Waals surface area contributed by atoms with E-state index in [0.717, 1.165) is 18.6 Å². The van der Waals surface area contributed by atoms with Crippen molar-refractivity contribution in [2.45, 2.75) is 65.4 Å². The van der Waals surface area contributed by atoms with Crippen LogP contribution >= 0.6 is 0 Å². The van der Waals surface area contributed by atoms with Crippen molar-refractivity contribution in [1.82, 2.24) is 0 Å². The molecule has 0 fully saturated rings. The summed E-state index contributed by atoms with van der Waals surface area (Å²) in [5.41, 5.74) is 1.37. The minimum atomic E-state index is -0.0299. The van der Waals surface area contributed by atoms with Crippen molar-refractivity contribution in [2.24, 2.45) is 0 Å². The third-order valence-electron chi connectivity index (χ3n) is 3.92. The fourth-order valence-electron chi connectivity index (χ4n) is 1.78. The van der Waals surface area contributed by atoms with Crippen molar-refractivity contribution in [3.05, 3.63) is 29.8 Å². The molecule has 0 bridgehead atoms. The lowest BCUT2D eigenvalue weighted by Gasteiger charge is -2.28. The molecule has 0 radical (unpaired) electrons. The molecule has 0 amide bonds. The third-order valence-corrected chi connectivity index (χ3v) is 3.92. The molecule has 0 aliphatic carbocycles. The second kappa shape index (κ2) is 6.09. The van der Waals surface area contributed by atoms with Gasteiger partial charge < -0.3 is 4.74 Å². The first-order chi connectivity index (χ1) is 8.04. The molecule has 1 rings (SSSR count). The van der Waals surface area contributed by atoms with Crippen molar-refractivity contribution in [3.63, 3.8) is 0 Å². The summed E-state index contributed by atoms with van der Waals surface area (Å²) in [6.45, 7) is 11.0. The van der Waals surface area contributed by atoms with E-state index in [1.807, 2.05) is 0 Å². The molecule has 1 aromatic carbocycles. The molecule has 0 N–H and O–H groups in total.